The van der Waals surface area contributed by atoms with Crippen molar-refractivity contribution in [3.8, 4) is 0 Å². The second kappa shape index (κ2) is 3.19. The molecule has 2 fully saturated rings. The Morgan fingerprint density at radius 3 is 2.67 bits per heavy atom. The van der Waals surface area contributed by atoms with Crippen LogP contribution in [-0.4, -0.2) is 26.2 Å². The molecule has 2 aliphatic rings. The van der Waals surface area contributed by atoms with Crippen molar-refractivity contribution >= 4 is 21.6 Å². The van der Waals surface area contributed by atoms with Crippen LogP contribution in [-0.2, 0) is 0 Å². The maximum atomic E-state index is 13.7. The van der Waals surface area contributed by atoms with Crippen LogP contribution in [0, 0.1) is 11.2 Å². The fraction of sp³-hybridized carbons (Fsp3) is 0.455. The van der Waals surface area contributed by atoms with E-state index >= 15 is 0 Å². The van der Waals surface area contributed by atoms with Crippen LogP contribution in [0.3, 0.4) is 0 Å². The Balaban J connectivity index is 1.80. The highest BCUT2D eigenvalue weighted by molar-refractivity contribution is 9.10. The molecule has 1 aromatic carbocycles. The summed E-state index contributed by atoms with van der Waals surface area (Å²) in [4.78, 5) is 2.11. The van der Waals surface area contributed by atoms with Crippen molar-refractivity contribution in [2.24, 2.45) is 5.41 Å². The average molecular weight is 271 g/mol. The third-order valence-corrected chi connectivity index (χ3v) is 3.94. The maximum absolute atomic E-state index is 13.7. The van der Waals surface area contributed by atoms with Crippen molar-refractivity contribution in [2.75, 3.05) is 31.1 Å². The van der Waals surface area contributed by atoms with Crippen LogP contribution in [0.4, 0.5) is 10.1 Å². The zero-order valence-corrected chi connectivity index (χ0v) is 9.85. The molecule has 1 aromatic rings. The molecule has 0 aromatic heterocycles. The summed E-state index contributed by atoms with van der Waals surface area (Å²) >= 11 is 3.21. The van der Waals surface area contributed by atoms with Gasteiger partial charge < -0.3 is 10.2 Å². The van der Waals surface area contributed by atoms with Crippen LogP contribution < -0.4 is 10.2 Å². The lowest BCUT2D eigenvalue weighted by Gasteiger charge is -2.57. The van der Waals surface area contributed by atoms with Crippen molar-refractivity contribution < 1.29 is 4.39 Å². The van der Waals surface area contributed by atoms with E-state index < -0.39 is 0 Å². The largest absolute Gasteiger partial charge is 0.368 e. The molecule has 2 nitrogen and oxygen atoms in total. The summed E-state index contributed by atoms with van der Waals surface area (Å²) in [6.45, 7) is 4.12. The van der Waals surface area contributed by atoms with E-state index in [9.17, 15) is 4.39 Å². The molecule has 0 aliphatic carbocycles. The van der Waals surface area contributed by atoms with Gasteiger partial charge in [0.2, 0.25) is 0 Å². The number of halogens is 2. The van der Waals surface area contributed by atoms with E-state index in [2.05, 4.69) is 26.1 Å². The predicted octanol–water partition coefficient (Wildman–Crippen LogP) is 2.00. The highest BCUT2D eigenvalue weighted by Crippen LogP contribution is 2.39. The first kappa shape index (κ1) is 9.60. The summed E-state index contributed by atoms with van der Waals surface area (Å²) in [6.07, 6.45) is 0. The SMILES string of the molecule is Fc1c(Br)cccc1N1CC2(CNC2)C1. The van der Waals surface area contributed by atoms with E-state index in [1.54, 1.807) is 6.07 Å². The topological polar surface area (TPSA) is 15.3 Å². The molecule has 2 saturated heterocycles. The predicted molar refractivity (Wildman–Crippen MR) is 61.6 cm³/mol. The average Bonchev–Trinajstić information content (AvgIpc) is 2.07. The molecular weight excluding hydrogens is 259 g/mol. The molecule has 1 N–H and O–H groups in total. The summed E-state index contributed by atoms with van der Waals surface area (Å²) < 4.78 is 14.3. The Morgan fingerprint density at radius 1 is 1.33 bits per heavy atom. The molecule has 0 saturated carbocycles. The molecular formula is C11H12BrFN2. The fourth-order valence-corrected chi connectivity index (χ4v) is 2.73. The van der Waals surface area contributed by atoms with Crippen molar-refractivity contribution in [3.63, 3.8) is 0 Å². The summed E-state index contributed by atoms with van der Waals surface area (Å²) in [5.74, 6) is -0.139. The molecule has 0 unspecified atom stereocenters. The van der Waals surface area contributed by atoms with E-state index in [1.807, 2.05) is 12.1 Å². The number of hydrogen-bond acceptors (Lipinski definition) is 2. The molecule has 0 amide bonds. The molecule has 4 heteroatoms. The molecule has 0 atom stereocenters. The molecule has 0 bridgehead atoms. The first-order valence-corrected chi connectivity index (χ1v) is 5.89. The fourth-order valence-electron chi connectivity index (χ4n) is 2.37. The molecule has 2 heterocycles. The Bertz CT molecular complexity index is 396. The smallest absolute Gasteiger partial charge is 0.160 e. The maximum Gasteiger partial charge on any atom is 0.160 e. The molecule has 2 aliphatic heterocycles. The zero-order chi connectivity index (χ0) is 10.5. The van der Waals surface area contributed by atoms with Gasteiger partial charge in [-0.25, -0.2) is 4.39 Å². The number of hydrogen-bond donors (Lipinski definition) is 1. The summed E-state index contributed by atoms with van der Waals surface area (Å²) in [7, 11) is 0. The van der Waals surface area contributed by atoms with Crippen LogP contribution in [0.2, 0.25) is 0 Å². The number of benzene rings is 1. The van der Waals surface area contributed by atoms with Gasteiger partial charge in [0.25, 0.3) is 0 Å². The first-order chi connectivity index (χ1) is 7.20. The Morgan fingerprint density at radius 2 is 2.07 bits per heavy atom. The van der Waals surface area contributed by atoms with E-state index in [-0.39, 0.29) is 5.82 Å². The minimum atomic E-state index is -0.139. The summed E-state index contributed by atoms with van der Waals surface area (Å²) in [6, 6.07) is 5.46. The lowest BCUT2D eigenvalue weighted by atomic mass is 9.74. The number of nitrogens with zero attached hydrogens (tertiary/aromatic N) is 1. The minimum Gasteiger partial charge on any atom is -0.368 e. The second-order valence-corrected chi connectivity index (χ2v) is 5.39. The lowest BCUT2D eigenvalue weighted by molar-refractivity contribution is 0.120. The van der Waals surface area contributed by atoms with Gasteiger partial charge in [-0.2, -0.15) is 0 Å². The van der Waals surface area contributed by atoms with Crippen LogP contribution in [0.15, 0.2) is 22.7 Å². The molecule has 15 heavy (non-hydrogen) atoms. The van der Waals surface area contributed by atoms with Crippen molar-refractivity contribution in [2.45, 2.75) is 0 Å². The molecule has 1 spiro atoms. The first-order valence-electron chi connectivity index (χ1n) is 5.10. The summed E-state index contributed by atoms with van der Waals surface area (Å²) in [5.41, 5.74) is 1.16. The van der Waals surface area contributed by atoms with E-state index in [4.69, 9.17) is 0 Å². The van der Waals surface area contributed by atoms with Gasteiger partial charge in [-0.05, 0) is 28.1 Å². The molecule has 0 radical (unpaired) electrons. The highest BCUT2D eigenvalue weighted by atomic mass is 79.9. The lowest BCUT2D eigenvalue weighted by Crippen LogP contribution is -2.71. The Kier molecular flexibility index (Phi) is 2.04. The van der Waals surface area contributed by atoms with Gasteiger partial charge in [-0.3, -0.25) is 0 Å². The third-order valence-electron chi connectivity index (χ3n) is 3.32. The zero-order valence-electron chi connectivity index (χ0n) is 8.26. The highest BCUT2D eigenvalue weighted by Gasteiger charge is 2.48. The van der Waals surface area contributed by atoms with Crippen LogP contribution in [0.25, 0.3) is 0 Å². The quantitative estimate of drug-likeness (QED) is 0.840. The standard InChI is InChI=1S/C11H12BrFN2/c12-8-2-1-3-9(10(8)13)15-6-11(7-15)4-14-5-11/h1-3,14H,4-7H2. The van der Waals surface area contributed by atoms with Crippen molar-refractivity contribution in [1.29, 1.82) is 0 Å². The number of nitrogens with one attached hydrogen (secondary N) is 1. The summed E-state index contributed by atoms with van der Waals surface area (Å²) in [5, 5.41) is 3.27. The monoisotopic (exact) mass is 270 g/mol. The van der Waals surface area contributed by atoms with Gasteiger partial charge in [-0.15, -0.1) is 0 Å². The van der Waals surface area contributed by atoms with Gasteiger partial charge in [0.05, 0.1) is 10.2 Å². The van der Waals surface area contributed by atoms with E-state index in [0.29, 0.717) is 9.89 Å². The van der Waals surface area contributed by atoms with Gasteiger partial charge in [-0.1, -0.05) is 6.07 Å². The third kappa shape index (κ3) is 1.39. The second-order valence-electron chi connectivity index (χ2n) is 4.53. The van der Waals surface area contributed by atoms with E-state index in [0.717, 1.165) is 31.9 Å². The van der Waals surface area contributed by atoms with Crippen molar-refractivity contribution in [3.05, 3.63) is 28.5 Å². The Hall–Kier alpha value is -0.610. The Labute approximate surface area is 96.6 Å². The van der Waals surface area contributed by atoms with Gasteiger partial charge in [0, 0.05) is 31.6 Å². The van der Waals surface area contributed by atoms with Gasteiger partial charge in [0.15, 0.2) is 5.82 Å². The van der Waals surface area contributed by atoms with Crippen LogP contribution in [0.1, 0.15) is 0 Å². The minimum absolute atomic E-state index is 0.139. The molecule has 3 rings (SSSR count). The van der Waals surface area contributed by atoms with Crippen LogP contribution >= 0.6 is 15.9 Å². The molecule has 80 valence electrons. The number of anilines is 1. The normalized spacial score (nSPS) is 22.4. The van der Waals surface area contributed by atoms with Gasteiger partial charge >= 0.3 is 0 Å². The van der Waals surface area contributed by atoms with E-state index in [1.165, 1.54) is 0 Å². The number of rotatable bonds is 1. The van der Waals surface area contributed by atoms with Crippen LogP contribution in [0.5, 0.6) is 0 Å². The van der Waals surface area contributed by atoms with Gasteiger partial charge in [0.1, 0.15) is 0 Å². The van der Waals surface area contributed by atoms with Crippen molar-refractivity contribution in [1.82, 2.24) is 5.32 Å².